The van der Waals surface area contributed by atoms with Gasteiger partial charge in [-0.25, -0.2) is 0 Å². The van der Waals surface area contributed by atoms with E-state index >= 15 is 0 Å². The molecule has 0 aliphatic rings. The van der Waals surface area contributed by atoms with Gasteiger partial charge in [0.05, 0.1) is 6.21 Å². The number of rotatable bonds is 5. The van der Waals surface area contributed by atoms with Gasteiger partial charge >= 0.3 is 0 Å². The molecule has 0 saturated heterocycles. The van der Waals surface area contributed by atoms with Crippen LogP contribution in [0.5, 0.6) is 0 Å². The van der Waals surface area contributed by atoms with E-state index in [-0.39, 0.29) is 0 Å². The third-order valence-electron chi connectivity index (χ3n) is 1.87. The molecule has 0 aliphatic carbocycles. The number of hydrogen-bond acceptors (Lipinski definition) is 3. The predicted molar refractivity (Wildman–Crippen MR) is 45.0 cm³/mol. The molecule has 0 saturated carbocycles. The first kappa shape index (κ1) is 10.4. The lowest BCUT2D eigenvalue weighted by atomic mass is 9.95. The molecule has 0 bridgehead atoms. The maximum absolute atomic E-state index is 9.64. The highest BCUT2D eigenvalue weighted by molar-refractivity contribution is 5.67. The summed E-state index contributed by atoms with van der Waals surface area (Å²) in [6, 6.07) is 0. The Morgan fingerprint density at radius 1 is 1.45 bits per heavy atom. The zero-order chi connectivity index (χ0) is 8.74. The Kier molecular flexibility index (Phi) is 4.86. The molecule has 11 heavy (non-hydrogen) atoms. The van der Waals surface area contributed by atoms with Crippen molar-refractivity contribution in [1.29, 1.82) is 0 Å². The lowest BCUT2D eigenvalue weighted by Crippen LogP contribution is -2.29. The fraction of sp³-hybridized carbons (Fsp3) is 0.875. The van der Waals surface area contributed by atoms with E-state index in [0.29, 0.717) is 12.8 Å². The molecule has 0 aliphatic heterocycles. The summed E-state index contributed by atoms with van der Waals surface area (Å²) >= 11 is 0. The lowest BCUT2D eigenvalue weighted by Gasteiger charge is -2.20. The van der Waals surface area contributed by atoms with E-state index < -0.39 is 5.60 Å². The second-order valence-electron chi connectivity index (χ2n) is 2.81. The first-order valence-electron chi connectivity index (χ1n) is 4.09. The van der Waals surface area contributed by atoms with E-state index in [1.165, 1.54) is 6.21 Å². The molecule has 0 heterocycles. The highest BCUT2D eigenvalue weighted by Gasteiger charge is 2.20. The van der Waals surface area contributed by atoms with Gasteiger partial charge in [-0.2, -0.15) is 0 Å². The van der Waals surface area contributed by atoms with Crippen molar-refractivity contribution in [2.45, 2.75) is 45.1 Å². The van der Waals surface area contributed by atoms with Crippen molar-refractivity contribution in [2.24, 2.45) is 5.16 Å². The first-order valence-corrected chi connectivity index (χ1v) is 4.09. The number of oxime groups is 1. The fourth-order valence-corrected chi connectivity index (χ4v) is 0.923. The Hall–Kier alpha value is -0.570. The zero-order valence-corrected chi connectivity index (χ0v) is 7.25. The molecule has 3 nitrogen and oxygen atoms in total. The number of hydrogen-bond donors (Lipinski definition) is 2. The van der Waals surface area contributed by atoms with E-state index in [1.54, 1.807) is 0 Å². The van der Waals surface area contributed by atoms with E-state index in [9.17, 15) is 5.11 Å². The number of nitrogens with zero attached hydrogens (tertiary/aromatic N) is 1. The van der Waals surface area contributed by atoms with E-state index in [1.807, 2.05) is 6.92 Å². The molecular formula is C8H17NO2. The molecule has 2 N–H and O–H groups in total. The minimum absolute atomic E-state index is 0.594. The zero-order valence-electron chi connectivity index (χ0n) is 7.25. The van der Waals surface area contributed by atoms with Gasteiger partial charge < -0.3 is 10.3 Å². The van der Waals surface area contributed by atoms with Gasteiger partial charge in [-0.1, -0.05) is 31.8 Å². The molecular weight excluding hydrogens is 142 g/mol. The van der Waals surface area contributed by atoms with Gasteiger partial charge in [0.15, 0.2) is 0 Å². The molecule has 0 aromatic rings. The van der Waals surface area contributed by atoms with Crippen LogP contribution in [0, 0.1) is 0 Å². The summed E-state index contributed by atoms with van der Waals surface area (Å²) in [6.45, 7) is 3.93. The first-order chi connectivity index (χ1) is 5.18. The Morgan fingerprint density at radius 3 is 2.45 bits per heavy atom. The maximum Gasteiger partial charge on any atom is 0.103 e. The average molecular weight is 159 g/mol. The van der Waals surface area contributed by atoms with E-state index in [2.05, 4.69) is 12.1 Å². The third-order valence-corrected chi connectivity index (χ3v) is 1.87. The molecule has 0 amide bonds. The molecule has 0 fully saturated rings. The van der Waals surface area contributed by atoms with Crippen molar-refractivity contribution in [2.75, 3.05) is 0 Å². The van der Waals surface area contributed by atoms with Crippen LogP contribution in [0.3, 0.4) is 0 Å². The van der Waals surface area contributed by atoms with E-state index in [4.69, 9.17) is 5.21 Å². The van der Waals surface area contributed by atoms with Gasteiger partial charge in [0.2, 0.25) is 0 Å². The largest absolute Gasteiger partial charge is 0.411 e. The summed E-state index contributed by atoms with van der Waals surface area (Å²) in [5.74, 6) is 0. The van der Waals surface area contributed by atoms with Crippen LogP contribution in [0.2, 0.25) is 0 Å². The molecule has 66 valence electrons. The fourth-order valence-electron chi connectivity index (χ4n) is 0.923. The Labute approximate surface area is 67.7 Å². The smallest absolute Gasteiger partial charge is 0.103 e. The molecule has 0 rings (SSSR count). The Balaban J connectivity index is 3.88. The monoisotopic (exact) mass is 159 g/mol. The van der Waals surface area contributed by atoms with Crippen LogP contribution in [0.15, 0.2) is 5.16 Å². The summed E-state index contributed by atoms with van der Waals surface area (Å²) < 4.78 is 0. The second-order valence-corrected chi connectivity index (χ2v) is 2.81. The normalized spacial score (nSPS) is 17.0. The highest BCUT2D eigenvalue weighted by atomic mass is 16.4. The molecule has 1 unspecified atom stereocenters. The maximum atomic E-state index is 9.64. The van der Waals surface area contributed by atoms with Gasteiger partial charge in [-0.3, -0.25) is 0 Å². The van der Waals surface area contributed by atoms with Crippen molar-refractivity contribution in [3.8, 4) is 0 Å². The Bertz CT molecular complexity index is 125. The van der Waals surface area contributed by atoms with Gasteiger partial charge in [-0.15, -0.1) is 0 Å². The van der Waals surface area contributed by atoms with Gasteiger partial charge in [0, 0.05) is 0 Å². The number of aliphatic hydroxyl groups is 1. The van der Waals surface area contributed by atoms with Crippen molar-refractivity contribution < 1.29 is 10.3 Å². The number of unbranched alkanes of at least 4 members (excludes halogenated alkanes) is 1. The molecule has 1 atom stereocenters. The van der Waals surface area contributed by atoms with Crippen LogP contribution in [0.1, 0.15) is 39.5 Å². The minimum Gasteiger partial charge on any atom is -0.411 e. The molecule has 0 aromatic heterocycles. The molecule has 3 heteroatoms. The van der Waals surface area contributed by atoms with Gasteiger partial charge in [0.25, 0.3) is 0 Å². The topological polar surface area (TPSA) is 52.8 Å². The van der Waals surface area contributed by atoms with Crippen molar-refractivity contribution in [3.05, 3.63) is 0 Å². The van der Waals surface area contributed by atoms with Crippen molar-refractivity contribution in [3.63, 3.8) is 0 Å². The lowest BCUT2D eigenvalue weighted by molar-refractivity contribution is 0.0970. The summed E-state index contributed by atoms with van der Waals surface area (Å²) in [6.07, 6.45) is 4.47. The van der Waals surface area contributed by atoms with E-state index in [0.717, 1.165) is 12.8 Å². The molecule has 0 radical (unpaired) electrons. The highest BCUT2D eigenvalue weighted by Crippen LogP contribution is 2.15. The van der Waals surface area contributed by atoms with Gasteiger partial charge in [-0.05, 0) is 12.8 Å². The predicted octanol–water partition coefficient (Wildman–Crippen LogP) is 1.78. The molecule has 0 aromatic carbocycles. The minimum atomic E-state index is -0.898. The van der Waals surface area contributed by atoms with Crippen molar-refractivity contribution in [1.82, 2.24) is 0 Å². The summed E-state index contributed by atoms with van der Waals surface area (Å²) in [7, 11) is 0. The second kappa shape index (κ2) is 5.13. The molecule has 0 spiro atoms. The standard InChI is InChI=1S/C8H17NO2/c1-3-5-6-8(10,4-2)7-9-11/h7,10-11H,3-6H2,1-2H3. The SMILES string of the molecule is CCCCC(O)(C=NO)CC. The summed E-state index contributed by atoms with van der Waals surface area (Å²) in [4.78, 5) is 0. The quantitative estimate of drug-likeness (QED) is 0.365. The van der Waals surface area contributed by atoms with Crippen molar-refractivity contribution >= 4 is 6.21 Å². The van der Waals surface area contributed by atoms with Crippen LogP contribution >= 0.6 is 0 Å². The van der Waals surface area contributed by atoms with Crippen LogP contribution in [-0.4, -0.2) is 22.1 Å². The van der Waals surface area contributed by atoms with Crippen LogP contribution < -0.4 is 0 Å². The van der Waals surface area contributed by atoms with Gasteiger partial charge in [0.1, 0.15) is 5.60 Å². The van der Waals surface area contributed by atoms with Crippen LogP contribution in [0.4, 0.5) is 0 Å². The van der Waals surface area contributed by atoms with Crippen LogP contribution in [-0.2, 0) is 0 Å². The Morgan fingerprint density at radius 2 is 2.09 bits per heavy atom. The summed E-state index contributed by atoms with van der Waals surface area (Å²) in [5, 5.41) is 20.7. The van der Waals surface area contributed by atoms with Crippen LogP contribution in [0.25, 0.3) is 0 Å². The summed E-state index contributed by atoms with van der Waals surface area (Å²) in [5.41, 5.74) is -0.898. The average Bonchev–Trinajstić information content (AvgIpc) is 2.02. The third kappa shape index (κ3) is 3.98.